The van der Waals surface area contributed by atoms with Crippen molar-refractivity contribution in [2.24, 2.45) is 0 Å². The fourth-order valence-electron chi connectivity index (χ4n) is 4.20. The van der Waals surface area contributed by atoms with Gasteiger partial charge in [-0.2, -0.15) is 0 Å². The first kappa shape index (κ1) is 24.6. The van der Waals surface area contributed by atoms with Gasteiger partial charge in [0.05, 0.1) is 12.2 Å². The van der Waals surface area contributed by atoms with Gasteiger partial charge in [0.2, 0.25) is 0 Å². The van der Waals surface area contributed by atoms with Gasteiger partial charge in [0.15, 0.2) is 5.78 Å². The molecule has 1 fully saturated rings. The maximum absolute atomic E-state index is 13.7. The fourth-order valence-corrected chi connectivity index (χ4v) is 4.20. The van der Waals surface area contributed by atoms with Gasteiger partial charge in [0.25, 0.3) is 5.91 Å². The molecule has 3 aromatic rings. The summed E-state index contributed by atoms with van der Waals surface area (Å²) in [5.41, 5.74) is 0.145. The Hall–Kier alpha value is -4.53. The highest BCUT2D eigenvalue weighted by molar-refractivity contribution is 6.11. The molecular weight excluding hydrogens is 463 g/mol. The molecule has 1 atom stereocenters. The molecule has 1 unspecified atom stereocenters. The van der Waals surface area contributed by atoms with Gasteiger partial charge < -0.3 is 16.0 Å². The molecule has 0 aromatic heterocycles. The van der Waals surface area contributed by atoms with Crippen LogP contribution in [0.15, 0.2) is 78.9 Å². The largest absolute Gasteiger partial charge is 0.325 e. The molecule has 1 saturated heterocycles. The number of hydrogen-bond donors (Lipinski definition) is 3. The monoisotopic (exact) mass is 488 g/mol. The molecule has 0 saturated carbocycles. The molecule has 3 aromatic carbocycles. The van der Waals surface area contributed by atoms with E-state index in [1.807, 2.05) is 13.0 Å². The lowest BCUT2D eigenvalue weighted by atomic mass is 9.85. The molecule has 1 aliphatic heterocycles. The van der Waals surface area contributed by atoms with Crippen LogP contribution in [0.4, 0.5) is 25.4 Å². The molecule has 184 valence electrons. The van der Waals surface area contributed by atoms with Crippen LogP contribution >= 0.6 is 0 Å². The number of halogens is 1. The summed E-state index contributed by atoms with van der Waals surface area (Å²) in [6.45, 7) is 1.51. The average Bonchev–Trinajstić information content (AvgIpc) is 3.11. The van der Waals surface area contributed by atoms with E-state index in [0.29, 0.717) is 24.1 Å². The number of para-hydroxylation sites is 1. The van der Waals surface area contributed by atoms with Gasteiger partial charge in [-0.25, -0.2) is 14.0 Å². The zero-order chi connectivity index (χ0) is 25.7. The number of rotatable bonds is 8. The van der Waals surface area contributed by atoms with Crippen molar-refractivity contribution in [3.8, 4) is 0 Å². The van der Waals surface area contributed by atoms with Crippen LogP contribution in [0.3, 0.4) is 0 Å². The molecule has 0 bridgehead atoms. The Morgan fingerprint density at radius 1 is 0.917 bits per heavy atom. The second kappa shape index (κ2) is 10.4. The van der Waals surface area contributed by atoms with Crippen LogP contribution in [-0.4, -0.2) is 35.2 Å². The van der Waals surface area contributed by atoms with Crippen LogP contribution < -0.4 is 16.0 Å². The minimum absolute atomic E-state index is 0.0324. The van der Waals surface area contributed by atoms with Crippen LogP contribution in [-0.2, 0) is 10.3 Å². The number of benzene rings is 3. The first-order valence-corrected chi connectivity index (χ1v) is 11.5. The second-order valence-corrected chi connectivity index (χ2v) is 8.40. The van der Waals surface area contributed by atoms with Gasteiger partial charge in [-0.1, -0.05) is 55.8 Å². The lowest BCUT2D eigenvalue weighted by Crippen LogP contribution is -2.44. The standard InChI is InChI=1S/C27H25FN4O4/c1-2-16-27(19-8-4-3-5-9-19)24(34)32(26(36)31-27)17-23(33)18-12-14-20(15-13-18)29-25(35)30-22-11-7-6-10-21(22)28/h3-15H,2,16-17H2,1H3,(H,31,36)(H2,29,30,35). The first-order chi connectivity index (χ1) is 17.3. The highest BCUT2D eigenvalue weighted by Gasteiger charge is 2.52. The van der Waals surface area contributed by atoms with Crippen LogP contribution in [0.25, 0.3) is 0 Å². The molecule has 4 rings (SSSR count). The van der Waals surface area contributed by atoms with Gasteiger partial charge in [-0.15, -0.1) is 0 Å². The van der Waals surface area contributed by atoms with E-state index in [1.165, 1.54) is 42.5 Å². The Labute approximate surface area is 207 Å². The van der Waals surface area contributed by atoms with E-state index in [1.54, 1.807) is 30.3 Å². The van der Waals surface area contributed by atoms with Crippen LogP contribution in [0, 0.1) is 5.82 Å². The third-order valence-electron chi connectivity index (χ3n) is 5.96. The third kappa shape index (κ3) is 4.95. The number of Topliss-reactive ketones (excluding diaryl/α,β-unsaturated/α-hetero) is 1. The quantitative estimate of drug-likeness (QED) is 0.310. The molecule has 1 heterocycles. The maximum Gasteiger partial charge on any atom is 0.325 e. The smallest absolute Gasteiger partial charge is 0.319 e. The van der Waals surface area contributed by atoms with Gasteiger partial charge in [-0.3, -0.25) is 14.5 Å². The van der Waals surface area contributed by atoms with Crippen LogP contribution in [0.1, 0.15) is 35.7 Å². The summed E-state index contributed by atoms with van der Waals surface area (Å²) in [6.07, 6.45) is 1.06. The molecular formula is C27H25FN4O4. The third-order valence-corrected chi connectivity index (χ3v) is 5.96. The van der Waals surface area contributed by atoms with Gasteiger partial charge in [0.1, 0.15) is 11.4 Å². The normalized spacial score (nSPS) is 17.0. The molecule has 1 aliphatic rings. The Morgan fingerprint density at radius 3 is 2.25 bits per heavy atom. The number of nitrogens with one attached hydrogen (secondary N) is 3. The van der Waals surface area contributed by atoms with Crippen molar-refractivity contribution >= 4 is 35.1 Å². The first-order valence-electron chi connectivity index (χ1n) is 11.5. The topological polar surface area (TPSA) is 108 Å². The lowest BCUT2D eigenvalue weighted by molar-refractivity contribution is -0.131. The Balaban J connectivity index is 1.42. The van der Waals surface area contributed by atoms with Crippen molar-refractivity contribution in [1.29, 1.82) is 0 Å². The summed E-state index contributed by atoms with van der Waals surface area (Å²) in [4.78, 5) is 52.1. The van der Waals surface area contributed by atoms with E-state index in [4.69, 9.17) is 0 Å². The van der Waals surface area contributed by atoms with E-state index in [0.717, 1.165) is 4.90 Å². The Bertz CT molecular complexity index is 1300. The van der Waals surface area contributed by atoms with Crippen molar-refractivity contribution in [1.82, 2.24) is 10.2 Å². The maximum atomic E-state index is 13.7. The van der Waals surface area contributed by atoms with E-state index < -0.39 is 41.7 Å². The van der Waals surface area contributed by atoms with Crippen molar-refractivity contribution in [2.45, 2.75) is 25.3 Å². The molecule has 8 nitrogen and oxygen atoms in total. The molecule has 5 amide bonds. The van der Waals surface area contributed by atoms with Crippen molar-refractivity contribution in [3.05, 3.63) is 95.8 Å². The summed E-state index contributed by atoms with van der Waals surface area (Å²) in [7, 11) is 0. The SMILES string of the molecule is CCCC1(c2ccccc2)NC(=O)N(CC(=O)c2ccc(NC(=O)Nc3ccccc3F)cc2)C1=O. The number of carbonyl (C=O) groups excluding carboxylic acids is 4. The highest BCUT2D eigenvalue weighted by atomic mass is 19.1. The minimum Gasteiger partial charge on any atom is -0.319 e. The highest BCUT2D eigenvalue weighted by Crippen LogP contribution is 2.33. The second-order valence-electron chi connectivity index (χ2n) is 8.40. The van der Waals surface area contributed by atoms with E-state index >= 15 is 0 Å². The number of imide groups is 1. The molecule has 9 heteroatoms. The van der Waals surface area contributed by atoms with Crippen molar-refractivity contribution in [3.63, 3.8) is 0 Å². The molecule has 0 spiro atoms. The summed E-state index contributed by atoms with van der Waals surface area (Å²) in [5, 5.41) is 7.76. The molecule has 3 N–H and O–H groups in total. The van der Waals surface area contributed by atoms with Crippen molar-refractivity contribution < 1.29 is 23.6 Å². The van der Waals surface area contributed by atoms with Crippen molar-refractivity contribution in [2.75, 3.05) is 17.2 Å². The molecule has 0 aliphatic carbocycles. The van der Waals surface area contributed by atoms with Gasteiger partial charge in [-0.05, 0) is 48.4 Å². The summed E-state index contributed by atoms with van der Waals surface area (Å²) in [6, 6.07) is 19.5. The van der Waals surface area contributed by atoms with Crippen LogP contribution in [0.5, 0.6) is 0 Å². The fraction of sp³-hybridized carbons (Fsp3) is 0.185. The van der Waals surface area contributed by atoms with E-state index in [2.05, 4.69) is 16.0 Å². The van der Waals surface area contributed by atoms with Gasteiger partial charge >= 0.3 is 12.1 Å². The number of anilines is 2. The number of nitrogens with zero attached hydrogens (tertiary/aromatic N) is 1. The lowest BCUT2D eigenvalue weighted by Gasteiger charge is -2.26. The van der Waals surface area contributed by atoms with Gasteiger partial charge in [0, 0.05) is 11.3 Å². The number of carbonyl (C=O) groups is 4. The predicted molar refractivity (Wildman–Crippen MR) is 133 cm³/mol. The predicted octanol–water partition coefficient (Wildman–Crippen LogP) is 4.90. The Morgan fingerprint density at radius 2 is 1.58 bits per heavy atom. The summed E-state index contributed by atoms with van der Waals surface area (Å²) in [5.74, 6) is -1.46. The zero-order valence-electron chi connectivity index (χ0n) is 19.6. The number of ketones is 1. The zero-order valence-corrected chi connectivity index (χ0v) is 19.6. The summed E-state index contributed by atoms with van der Waals surface area (Å²) < 4.78 is 13.7. The average molecular weight is 489 g/mol. The minimum atomic E-state index is -1.20. The number of amides is 5. The van der Waals surface area contributed by atoms with E-state index in [9.17, 15) is 23.6 Å². The molecule has 0 radical (unpaired) electrons. The van der Waals surface area contributed by atoms with Crippen LogP contribution in [0.2, 0.25) is 0 Å². The number of urea groups is 2. The summed E-state index contributed by atoms with van der Waals surface area (Å²) >= 11 is 0. The molecule has 36 heavy (non-hydrogen) atoms. The Kier molecular flexibility index (Phi) is 7.10. The number of hydrogen-bond acceptors (Lipinski definition) is 4. The van der Waals surface area contributed by atoms with E-state index in [-0.39, 0.29) is 11.3 Å².